The van der Waals surface area contributed by atoms with E-state index in [1.807, 2.05) is 0 Å². The van der Waals surface area contributed by atoms with Gasteiger partial charge in [0, 0.05) is 36.9 Å². The van der Waals surface area contributed by atoms with Gasteiger partial charge in [-0.15, -0.1) is 0 Å². The molecule has 2 aliphatic rings. The van der Waals surface area contributed by atoms with E-state index in [1.54, 1.807) is 35.4 Å². The molecule has 2 fully saturated rings. The summed E-state index contributed by atoms with van der Waals surface area (Å²) in [6, 6.07) is 6.61. The number of aromatic nitrogens is 2. The zero-order chi connectivity index (χ0) is 19.0. The Morgan fingerprint density at radius 2 is 1.89 bits per heavy atom. The van der Waals surface area contributed by atoms with Crippen molar-refractivity contribution in [2.45, 2.75) is 37.2 Å². The predicted molar refractivity (Wildman–Crippen MR) is 98.1 cm³/mol. The normalized spacial score (nSPS) is 18.9. The number of halogens is 1. The number of H-pyrrole nitrogens is 1. The molecule has 0 bridgehead atoms. The van der Waals surface area contributed by atoms with Gasteiger partial charge in [-0.2, -0.15) is 5.10 Å². The molecule has 1 amide bonds. The Labute approximate surface area is 161 Å². The number of nitrogens with one attached hydrogen (secondary N) is 1. The highest BCUT2D eigenvalue weighted by molar-refractivity contribution is 6.30. The molecule has 0 radical (unpaired) electrons. The van der Waals surface area contributed by atoms with Gasteiger partial charge in [-0.1, -0.05) is 11.6 Å². The van der Waals surface area contributed by atoms with Crippen LogP contribution in [0.25, 0.3) is 0 Å². The van der Waals surface area contributed by atoms with E-state index in [1.165, 1.54) is 0 Å². The highest BCUT2D eigenvalue weighted by Crippen LogP contribution is 2.41. The highest BCUT2D eigenvalue weighted by Gasteiger charge is 2.45. The lowest BCUT2D eigenvalue weighted by molar-refractivity contribution is -0.159. The van der Waals surface area contributed by atoms with Gasteiger partial charge in [-0.25, -0.2) is 4.79 Å². The molecule has 0 unspecified atom stereocenters. The minimum atomic E-state index is -1.35. The SMILES string of the molecule is O=C(c1cn[nH]c1C1CC1)N1CCC(Oc2ccc(Cl)cc2)(C(=O)O)CC1. The summed E-state index contributed by atoms with van der Waals surface area (Å²) in [6.45, 7) is 0.627. The molecule has 0 atom stereocenters. The van der Waals surface area contributed by atoms with E-state index >= 15 is 0 Å². The largest absolute Gasteiger partial charge is 0.478 e. The third-order valence-electron chi connectivity index (χ3n) is 5.26. The van der Waals surface area contributed by atoms with Crippen LogP contribution < -0.4 is 4.74 Å². The topological polar surface area (TPSA) is 95.5 Å². The van der Waals surface area contributed by atoms with Gasteiger partial charge in [-0.3, -0.25) is 9.89 Å². The first-order valence-electron chi connectivity index (χ1n) is 8.99. The third-order valence-corrected chi connectivity index (χ3v) is 5.51. The van der Waals surface area contributed by atoms with Gasteiger partial charge in [0.2, 0.25) is 5.60 Å². The maximum Gasteiger partial charge on any atom is 0.348 e. The Morgan fingerprint density at radius 3 is 2.48 bits per heavy atom. The van der Waals surface area contributed by atoms with Gasteiger partial charge in [-0.05, 0) is 37.1 Å². The van der Waals surface area contributed by atoms with Crippen molar-refractivity contribution in [3.8, 4) is 5.75 Å². The molecule has 4 rings (SSSR count). The fourth-order valence-corrected chi connectivity index (χ4v) is 3.60. The molecule has 2 aromatic rings. The second kappa shape index (κ2) is 6.88. The molecule has 2 N–H and O–H groups in total. The van der Waals surface area contributed by atoms with Gasteiger partial charge in [0.15, 0.2) is 0 Å². The Hall–Kier alpha value is -2.54. The van der Waals surface area contributed by atoms with E-state index < -0.39 is 11.6 Å². The van der Waals surface area contributed by atoms with E-state index in [4.69, 9.17) is 16.3 Å². The molecule has 142 valence electrons. The molecule has 1 saturated heterocycles. The average Bonchev–Trinajstić information content (AvgIpc) is 3.40. The number of amides is 1. The number of benzene rings is 1. The Morgan fingerprint density at radius 1 is 1.22 bits per heavy atom. The number of nitrogens with zero attached hydrogens (tertiary/aromatic N) is 2. The van der Waals surface area contributed by atoms with Crippen LogP contribution >= 0.6 is 11.6 Å². The minimum Gasteiger partial charge on any atom is -0.478 e. The van der Waals surface area contributed by atoms with E-state index in [0.717, 1.165) is 18.5 Å². The molecular formula is C19H20ClN3O4. The van der Waals surface area contributed by atoms with Crippen LogP contribution in [-0.4, -0.2) is 50.8 Å². The summed E-state index contributed by atoms with van der Waals surface area (Å²) < 4.78 is 5.84. The number of likely N-dealkylation sites (tertiary alicyclic amines) is 1. The fourth-order valence-electron chi connectivity index (χ4n) is 3.48. The van der Waals surface area contributed by atoms with E-state index in [9.17, 15) is 14.7 Å². The fraction of sp³-hybridized carbons (Fsp3) is 0.421. The zero-order valence-corrected chi connectivity index (χ0v) is 15.4. The van der Waals surface area contributed by atoms with E-state index in [-0.39, 0.29) is 18.7 Å². The number of aliphatic carboxylic acids is 1. The summed E-state index contributed by atoms with van der Waals surface area (Å²) in [6.07, 6.45) is 4.14. The van der Waals surface area contributed by atoms with Gasteiger partial charge < -0.3 is 14.7 Å². The molecule has 1 aromatic heterocycles. The molecule has 7 nitrogen and oxygen atoms in total. The van der Waals surface area contributed by atoms with E-state index in [0.29, 0.717) is 35.3 Å². The number of rotatable bonds is 5. The Bertz CT molecular complexity index is 852. The quantitative estimate of drug-likeness (QED) is 0.819. The van der Waals surface area contributed by atoms with Gasteiger partial charge >= 0.3 is 5.97 Å². The number of carboxylic acids is 1. The molecular weight excluding hydrogens is 370 g/mol. The lowest BCUT2D eigenvalue weighted by Crippen LogP contribution is -2.54. The standard InChI is InChI=1S/C19H20ClN3O4/c20-13-3-5-14(6-4-13)27-19(18(25)26)7-9-23(10-8-19)17(24)15-11-21-22-16(15)12-1-2-12/h3-6,11-12H,1-2,7-10H2,(H,21,22)(H,25,26). The third kappa shape index (κ3) is 3.51. The van der Waals surface area contributed by atoms with Crippen LogP contribution in [0.4, 0.5) is 0 Å². The van der Waals surface area contributed by atoms with Gasteiger partial charge in [0.25, 0.3) is 5.91 Å². The smallest absolute Gasteiger partial charge is 0.348 e. The molecule has 0 spiro atoms. The first kappa shape index (κ1) is 17.9. The van der Waals surface area contributed by atoms with Crippen molar-refractivity contribution >= 4 is 23.5 Å². The van der Waals surface area contributed by atoms with E-state index in [2.05, 4.69) is 10.2 Å². The van der Waals surface area contributed by atoms with Crippen LogP contribution in [0.2, 0.25) is 5.02 Å². The predicted octanol–water partition coefficient (Wildman–Crippen LogP) is 3.08. The van der Waals surface area contributed by atoms with Crippen molar-refractivity contribution in [2.24, 2.45) is 0 Å². The average molecular weight is 390 g/mol. The van der Waals surface area contributed by atoms with Crippen LogP contribution in [0.15, 0.2) is 30.5 Å². The Kier molecular flexibility index (Phi) is 4.55. The molecule has 1 aliphatic carbocycles. The lowest BCUT2D eigenvalue weighted by Gasteiger charge is -2.38. The first-order chi connectivity index (χ1) is 13.0. The molecule has 27 heavy (non-hydrogen) atoms. The molecule has 1 aromatic carbocycles. The monoisotopic (exact) mass is 389 g/mol. The lowest BCUT2D eigenvalue weighted by atomic mass is 9.90. The van der Waals surface area contributed by atoms with Gasteiger partial charge in [0.1, 0.15) is 5.75 Å². The maximum atomic E-state index is 12.9. The van der Waals surface area contributed by atoms with Crippen LogP contribution in [-0.2, 0) is 4.79 Å². The number of hydrogen-bond acceptors (Lipinski definition) is 4. The number of carbonyl (C=O) groups is 2. The summed E-state index contributed by atoms with van der Waals surface area (Å²) in [4.78, 5) is 26.5. The van der Waals surface area contributed by atoms with Crippen molar-refractivity contribution in [2.75, 3.05) is 13.1 Å². The number of piperidine rings is 1. The van der Waals surface area contributed by atoms with Crippen LogP contribution in [0.3, 0.4) is 0 Å². The second-order valence-electron chi connectivity index (χ2n) is 7.12. The number of hydrogen-bond donors (Lipinski definition) is 2. The summed E-state index contributed by atoms with van der Waals surface area (Å²) >= 11 is 5.87. The van der Waals surface area contributed by atoms with Crippen molar-refractivity contribution in [3.05, 3.63) is 46.7 Å². The second-order valence-corrected chi connectivity index (χ2v) is 7.56. The number of aromatic amines is 1. The number of ether oxygens (including phenoxy) is 1. The van der Waals surface area contributed by atoms with Crippen LogP contribution in [0, 0.1) is 0 Å². The van der Waals surface area contributed by atoms with Crippen molar-refractivity contribution < 1.29 is 19.4 Å². The minimum absolute atomic E-state index is 0.101. The maximum absolute atomic E-state index is 12.9. The van der Waals surface area contributed by atoms with Crippen LogP contribution in [0.1, 0.15) is 47.7 Å². The zero-order valence-electron chi connectivity index (χ0n) is 14.7. The first-order valence-corrected chi connectivity index (χ1v) is 9.37. The number of carbonyl (C=O) groups excluding carboxylic acids is 1. The van der Waals surface area contributed by atoms with Crippen LogP contribution in [0.5, 0.6) is 5.75 Å². The highest BCUT2D eigenvalue weighted by atomic mass is 35.5. The van der Waals surface area contributed by atoms with Gasteiger partial charge in [0.05, 0.1) is 17.5 Å². The van der Waals surface area contributed by atoms with Crippen molar-refractivity contribution in [3.63, 3.8) is 0 Å². The summed E-state index contributed by atoms with van der Waals surface area (Å²) in [5.74, 6) is -0.280. The Balaban J connectivity index is 1.46. The molecule has 8 heteroatoms. The molecule has 1 saturated carbocycles. The van der Waals surface area contributed by atoms with Crippen molar-refractivity contribution in [1.82, 2.24) is 15.1 Å². The summed E-state index contributed by atoms with van der Waals surface area (Å²) in [5, 5.41) is 17.3. The summed E-state index contributed by atoms with van der Waals surface area (Å²) in [5.41, 5.74) is 0.145. The summed E-state index contributed by atoms with van der Waals surface area (Å²) in [7, 11) is 0. The number of carboxylic acid groups (broad SMARTS) is 1. The molecule has 2 heterocycles. The van der Waals surface area contributed by atoms with Crippen molar-refractivity contribution in [1.29, 1.82) is 0 Å². The molecule has 1 aliphatic heterocycles.